The molecule has 0 N–H and O–H groups in total. The van der Waals surface area contributed by atoms with E-state index in [9.17, 15) is 14.9 Å². The molecule has 1 unspecified atom stereocenters. The van der Waals surface area contributed by atoms with E-state index in [0.717, 1.165) is 31.5 Å². The average Bonchev–Trinajstić information content (AvgIpc) is 2.98. The number of hydrogen-bond donors (Lipinski definition) is 0. The summed E-state index contributed by atoms with van der Waals surface area (Å²) in [6.07, 6.45) is 3.02. The number of likely N-dealkylation sites (N-methyl/N-ethyl adjacent to an activating group) is 1. The standard InChI is InChI=1S/C15H21N3O3/c1-12(19)16(2)15(17-9-3-4-10-17)11-13-5-7-14(8-6-13)18(20)21/h5-8,15H,3-4,9-11H2,1-2H3. The van der Waals surface area contributed by atoms with Crippen molar-refractivity contribution in [2.45, 2.75) is 32.4 Å². The van der Waals surface area contributed by atoms with Crippen molar-refractivity contribution < 1.29 is 9.72 Å². The van der Waals surface area contributed by atoms with Crippen LogP contribution >= 0.6 is 0 Å². The van der Waals surface area contributed by atoms with E-state index >= 15 is 0 Å². The van der Waals surface area contributed by atoms with Crippen molar-refractivity contribution in [1.29, 1.82) is 0 Å². The number of benzene rings is 1. The summed E-state index contributed by atoms with van der Waals surface area (Å²) in [5.74, 6) is 0.0359. The summed E-state index contributed by atoms with van der Waals surface area (Å²) in [7, 11) is 1.82. The molecule has 1 heterocycles. The highest BCUT2D eigenvalue weighted by molar-refractivity contribution is 5.73. The first-order valence-electron chi connectivity index (χ1n) is 7.20. The lowest BCUT2D eigenvalue weighted by Gasteiger charge is -2.35. The fourth-order valence-corrected chi connectivity index (χ4v) is 2.73. The number of carbonyl (C=O) groups is 1. The van der Waals surface area contributed by atoms with Crippen LogP contribution in [0.2, 0.25) is 0 Å². The topological polar surface area (TPSA) is 66.7 Å². The van der Waals surface area contributed by atoms with E-state index in [4.69, 9.17) is 0 Å². The number of likely N-dealkylation sites (tertiary alicyclic amines) is 1. The fraction of sp³-hybridized carbons (Fsp3) is 0.533. The first-order chi connectivity index (χ1) is 9.99. The molecular weight excluding hydrogens is 270 g/mol. The first kappa shape index (κ1) is 15.4. The zero-order valence-corrected chi connectivity index (χ0v) is 12.5. The van der Waals surface area contributed by atoms with Gasteiger partial charge in [-0.2, -0.15) is 0 Å². The SMILES string of the molecule is CC(=O)N(C)C(Cc1ccc([N+](=O)[O-])cc1)N1CCCC1. The lowest BCUT2D eigenvalue weighted by molar-refractivity contribution is -0.384. The van der Waals surface area contributed by atoms with Crippen molar-refractivity contribution in [3.8, 4) is 0 Å². The second-order valence-corrected chi connectivity index (χ2v) is 5.48. The number of hydrogen-bond acceptors (Lipinski definition) is 4. The smallest absolute Gasteiger partial charge is 0.269 e. The molecule has 6 heteroatoms. The summed E-state index contributed by atoms with van der Waals surface area (Å²) in [6, 6.07) is 6.58. The van der Waals surface area contributed by atoms with Gasteiger partial charge in [0.2, 0.25) is 5.91 Å². The van der Waals surface area contributed by atoms with E-state index in [1.54, 1.807) is 24.0 Å². The normalized spacial score (nSPS) is 16.7. The summed E-state index contributed by atoms with van der Waals surface area (Å²) in [4.78, 5) is 26.0. The van der Waals surface area contributed by atoms with E-state index in [0.29, 0.717) is 6.42 Å². The molecule has 1 saturated heterocycles. The number of nitro groups is 1. The molecule has 0 spiro atoms. The van der Waals surface area contributed by atoms with Gasteiger partial charge < -0.3 is 4.90 Å². The van der Waals surface area contributed by atoms with Crippen molar-refractivity contribution in [3.05, 3.63) is 39.9 Å². The Morgan fingerprint density at radius 3 is 2.38 bits per heavy atom. The van der Waals surface area contributed by atoms with Crippen LogP contribution in [0.1, 0.15) is 25.3 Å². The molecule has 1 fully saturated rings. The molecule has 0 saturated carbocycles. The van der Waals surface area contributed by atoms with Gasteiger partial charge in [-0.25, -0.2) is 0 Å². The van der Waals surface area contributed by atoms with Gasteiger partial charge in [0.1, 0.15) is 0 Å². The first-order valence-corrected chi connectivity index (χ1v) is 7.20. The van der Waals surface area contributed by atoms with Gasteiger partial charge in [0.05, 0.1) is 11.1 Å². The van der Waals surface area contributed by atoms with Gasteiger partial charge in [0.25, 0.3) is 5.69 Å². The Morgan fingerprint density at radius 2 is 1.90 bits per heavy atom. The molecule has 0 aromatic heterocycles. The van der Waals surface area contributed by atoms with Gasteiger partial charge in [0.15, 0.2) is 0 Å². The van der Waals surface area contributed by atoms with Crippen LogP contribution in [-0.2, 0) is 11.2 Å². The molecule has 114 valence electrons. The second-order valence-electron chi connectivity index (χ2n) is 5.48. The van der Waals surface area contributed by atoms with Crippen LogP contribution in [0.25, 0.3) is 0 Å². The van der Waals surface area contributed by atoms with E-state index in [2.05, 4.69) is 4.90 Å². The van der Waals surface area contributed by atoms with Crippen molar-refractivity contribution >= 4 is 11.6 Å². The lowest BCUT2D eigenvalue weighted by atomic mass is 10.1. The summed E-state index contributed by atoms with van der Waals surface area (Å²) in [5.41, 5.74) is 1.10. The maximum atomic E-state index is 11.7. The number of nitrogens with zero attached hydrogens (tertiary/aromatic N) is 3. The number of amides is 1. The van der Waals surface area contributed by atoms with E-state index < -0.39 is 4.92 Å². The third kappa shape index (κ3) is 3.78. The number of non-ortho nitro benzene ring substituents is 1. The minimum Gasteiger partial charge on any atom is -0.330 e. The predicted molar refractivity (Wildman–Crippen MR) is 79.8 cm³/mol. The third-order valence-electron chi connectivity index (χ3n) is 4.07. The number of nitro benzene ring substituents is 1. The monoisotopic (exact) mass is 291 g/mol. The number of rotatable bonds is 5. The maximum Gasteiger partial charge on any atom is 0.269 e. The molecule has 2 rings (SSSR count). The van der Waals surface area contributed by atoms with Gasteiger partial charge in [-0.1, -0.05) is 12.1 Å². The van der Waals surface area contributed by atoms with Crippen LogP contribution in [0, 0.1) is 10.1 Å². The van der Waals surface area contributed by atoms with Crippen LogP contribution in [0.4, 0.5) is 5.69 Å². The molecule has 1 aromatic carbocycles. The zero-order valence-electron chi connectivity index (χ0n) is 12.5. The minimum atomic E-state index is -0.399. The molecule has 1 atom stereocenters. The Hall–Kier alpha value is -1.95. The highest BCUT2D eigenvalue weighted by Crippen LogP contribution is 2.20. The van der Waals surface area contributed by atoms with Gasteiger partial charge >= 0.3 is 0 Å². The molecule has 21 heavy (non-hydrogen) atoms. The zero-order chi connectivity index (χ0) is 15.4. The highest BCUT2D eigenvalue weighted by atomic mass is 16.6. The van der Waals surface area contributed by atoms with Crippen molar-refractivity contribution in [2.24, 2.45) is 0 Å². The summed E-state index contributed by atoms with van der Waals surface area (Å²) in [5, 5.41) is 10.7. The van der Waals surface area contributed by atoms with Crippen LogP contribution in [0.15, 0.2) is 24.3 Å². The lowest BCUT2D eigenvalue weighted by Crippen LogP contribution is -2.48. The minimum absolute atomic E-state index is 0.0199. The van der Waals surface area contributed by atoms with Gasteiger partial charge in [-0.05, 0) is 18.4 Å². The molecule has 0 aliphatic carbocycles. The Morgan fingerprint density at radius 1 is 1.33 bits per heavy atom. The Bertz CT molecular complexity index is 509. The molecule has 0 bridgehead atoms. The van der Waals surface area contributed by atoms with Crippen molar-refractivity contribution in [1.82, 2.24) is 9.80 Å². The Kier molecular flexibility index (Phi) is 4.90. The highest BCUT2D eigenvalue weighted by Gasteiger charge is 2.27. The van der Waals surface area contributed by atoms with Crippen LogP contribution in [0.3, 0.4) is 0 Å². The van der Waals surface area contributed by atoms with Crippen LogP contribution in [-0.4, -0.2) is 46.9 Å². The molecule has 6 nitrogen and oxygen atoms in total. The average molecular weight is 291 g/mol. The summed E-state index contributed by atoms with van der Waals surface area (Å²) in [6.45, 7) is 3.56. The summed E-state index contributed by atoms with van der Waals surface area (Å²) < 4.78 is 0. The van der Waals surface area contributed by atoms with E-state index in [-0.39, 0.29) is 17.8 Å². The van der Waals surface area contributed by atoms with Crippen molar-refractivity contribution in [2.75, 3.05) is 20.1 Å². The maximum absolute atomic E-state index is 11.7. The molecule has 0 radical (unpaired) electrons. The Balaban J connectivity index is 2.13. The largest absolute Gasteiger partial charge is 0.330 e. The molecule has 1 amide bonds. The molecule has 1 aromatic rings. The predicted octanol–water partition coefficient (Wildman–Crippen LogP) is 2.04. The van der Waals surface area contributed by atoms with Gasteiger partial charge in [0, 0.05) is 45.6 Å². The Labute approximate surface area is 124 Å². The molecule has 1 aliphatic heterocycles. The van der Waals surface area contributed by atoms with Crippen LogP contribution in [0.5, 0.6) is 0 Å². The molecular formula is C15H21N3O3. The summed E-state index contributed by atoms with van der Waals surface area (Å²) >= 11 is 0. The van der Waals surface area contributed by atoms with Crippen LogP contribution < -0.4 is 0 Å². The van der Waals surface area contributed by atoms with Gasteiger partial charge in [-0.3, -0.25) is 19.8 Å². The molecule has 1 aliphatic rings. The third-order valence-corrected chi connectivity index (χ3v) is 4.07. The van der Waals surface area contributed by atoms with Crippen molar-refractivity contribution in [3.63, 3.8) is 0 Å². The van der Waals surface area contributed by atoms with Gasteiger partial charge in [-0.15, -0.1) is 0 Å². The van der Waals surface area contributed by atoms with E-state index in [1.165, 1.54) is 12.1 Å². The quantitative estimate of drug-likeness (QED) is 0.615. The second kappa shape index (κ2) is 6.67. The fourth-order valence-electron chi connectivity index (χ4n) is 2.73. The number of carbonyl (C=O) groups excluding carboxylic acids is 1. The van der Waals surface area contributed by atoms with E-state index in [1.807, 2.05) is 7.05 Å².